The second-order valence-corrected chi connectivity index (χ2v) is 4.64. The zero-order chi connectivity index (χ0) is 9.26. The first kappa shape index (κ1) is 12.3. The van der Waals surface area contributed by atoms with Crippen molar-refractivity contribution in [3.8, 4) is 0 Å². The molecule has 78 valence electrons. The summed E-state index contributed by atoms with van der Waals surface area (Å²) in [6.07, 6.45) is 2.43. The van der Waals surface area contributed by atoms with E-state index < -0.39 is 0 Å². The summed E-state index contributed by atoms with van der Waals surface area (Å²) in [6.45, 7) is 1.10. The van der Waals surface area contributed by atoms with Crippen molar-refractivity contribution >= 4 is 39.9 Å². The number of benzene rings is 1. The molecule has 1 atom stereocenters. The molecule has 1 nitrogen and oxygen atoms in total. The molecular formula is C10H12BrCl2N. The van der Waals surface area contributed by atoms with Gasteiger partial charge in [-0.1, -0.05) is 27.5 Å². The molecule has 0 saturated carbocycles. The minimum Gasteiger partial charge on any atom is -0.310 e. The van der Waals surface area contributed by atoms with E-state index in [4.69, 9.17) is 11.6 Å². The summed E-state index contributed by atoms with van der Waals surface area (Å²) in [5.74, 6) is 0. The first-order valence-corrected chi connectivity index (χ1v) is 5.63. The molecule has 1 heterocycles. The van der Waals surface area contributed by atoms with Gasteiger partial charge < -0.3 is 5.32 Å². The standard InChI is InChI=1S/C10H11BrClN.ClH/c11-7-3-4-9(12)8(6-7)10-2-1-5-13-10;/h3-4,6,10,13H,1-2,5H2;1H/t10-;/m1./s1. The normalized spacial score (nSPS) is 20.6. The Balaban J connectivity index is 0.000000980. The molecule has 0 spiro atoms. The molecule has 0 aliphatic carbocycles. The van der Waals surface area contributed by atoms with Crippen LogP contribution < -0.4 is 5.32 Å². The number of hydrogen-bond donors (Lipinski definition) is 1. The molecule has 0 bridgehead atoms. The molecule has 1 aromatic carbocycles. The highest BCUT2D eigenvalue weighted by Crippen LogP contribution is 2.31. The predicted octanol–water partition coefficient (Wildman–Crippen LogP) is 3.95. The molecule has 14 heavy (non-hydrogen) atoms. The highest BCUT2D eigenvalue weighted by molar-refractivity contribution is 9.10. The summed E-state index contributed by atoms with van der Waals surface area (Å²) in [5, 5.41) is 4.30. The van der Waals surface area contributed by atoms with E-state index in [-0.39, 0.29) is 12.4 Å². The maximum atomic E-state index is 6.12. The first-order chi connectivity index (χ1) is 6.27. The van der Waals surface area contributed by atoms with Crippen LogP contribution in [0.2, 0.25) is 5.02 Å². The van der Waals surface area contributed by atoms with Crippen LogP contribution in [0.5, 0.6) is 0 Å². The second-order valence-electron chi connectivity index (χ2n) is 3.31. The Hall–Kier alpha value is 0.240. The van der Waals surface area contributed by atoms with Crippen LogP contribution in [0.3, 0.4) is 0 Å². The van der Waals surface area contributed by atoms with Gasteiger partial charge in [-0.15, -0.1) is 12.4 Å². The average molecular weight is 297 g/mol. The Morgan fingerprint density at radius 3 is 2.86 bits per heavy atom. The topological polar surface area (TPSA) is 12.0 Å². The summed E-state index contributed by atoms with van der Waals surface area (Å²) in [5.41, 5.74) is 1.22. The summed E-state index contributed by atoms with van der Waals surface area (Å²) in [6, 6.07) is 6.47. The third-order valence-corrected chi connectivity index (χ3v) is 3.23. The van der Waals surface area contributed by atoms with Gasteiger partial charge in [0.15, 0.2) is 0 Å². The third-order valence-electron chi connectivity index (χ3n) is 2.39. The van der Waals surface area contributed by atoms with E-state index >= 15 is 0 Å². The smallest absolute Gasteiger partial charge is 0.0454 e. The van der Waals surface area contributed by atoms with Gasteiger partial charge in [0, 0.05) is 15.5 Å². The number of halogens is 3. The Kier molecular flexibility index (Phi) is 4.71. The van der Waals surface area contributed by atoms with Gasteiger partial charge in [0.25, 0.3) is 0 Å². The van der Waals surface area contributed by atoms with E-state index in [9.17, 15) is 0 Å². The van der Waals surface area contributed by atoms with Gasteiger partial charge in [0.05, 0.1) is 0 Å². The maximum absolute atomic E-state index is 6.12. The molecule has 1 fully saturated rings. The lowest BCUT2D eigenvalue weighted by atomic mass is 10.1. The number of nitrogens with one attached hydrogen (secondary N) is 1. The Morgan fingerprint density at radius 1 is 1.43 bits per heavy atom. The van der Waals surface area contributed by atoms with Crippen LogP contribution in [0.1, 0.15) is 24.4 Å². The largest absolute Gasteiger partial charge is 0.310 e. The third kappa shape index (κ3) is 2.63. The van der Waals surface area contributed by atoms with Crippen LogP contribution in [0.4, 0.5) is 0 Å². The Labute approximate surface area is 104 Å². The highest BCUT2D eigenvalue weighted by Gasteiger charge is 2.18. The van der Waals surface area contributed by atoms with Crippen molar-refractivity contribution in [2.24, 2.45) is 0 Å². The Bertz CT molecular complexity index is 311. The number of hydrogen-bond acceptors (Lipinski definition) is 1. The second kappa shape index (κ2) is 5.36. The monoisotopic (exact) mass is 295 g/mol. The molecular weight excluding hydrogens is 285 g/mol. The van der Waals surface area contributed by atoms with Crippen molar-refractivity contribution in [3.05, 3.63) is 33.3 Å². The highest BCUT2D eigenvalue weighted by atomic mass is 79.9. The quantitative estimate of drug-likeness (QED) is 0.827. The molecule has 4 heteroatoms. The summed E-state index contributed by atoms with van der Waals surface area (Å²) >= 11 is 9.57. The molecule has 1 aliphatic heterocycles. The molecule has 1 aromatic rings. The van der Waals surface area contributed by atoms with Crippen molar-refractivity contribution in [1.29, 1.82) is 0 Å². The molecule has 2 rings (SSSR count). The summed E-state index contributed by atoms with van der Waals surface area (Å²) in [4.78, 5) is 0. The van der Waals surface area contributed by atoms with Crippen LogP contribution in [-0.2, 0) is 0 Å². The molecule has 0 unspecified atom stereocenters. The van der Waals surface area contributed by atoms with Crippen LogP contribution in [-0.4, -0.2) is 6.54 Å². The lowest BCUT2D eigenvalue weighted by Crippen LogP contribution is -2.13. The van der Waals surface area contributed by atoms with Crippen molar-refractivity contribution in [1.82, 2.24) is 5.32 Å². The lowest BCUT2D eigenvalue weighted by molar-refractivity contribution is 0.647. The van der Waals surface area contributed by atoms with Crippen LogP contribution >= 0.6 is 39.9 Å². The van der Waals surface area contributed by atoms with E-state index in [2.05, 4.69) is 27.3 Å². The van der Waals surface area contributed by atoms with Crippen molar-refractivity contribution in [2.75, 3.05) is 6.54 Å². The van der Waals surface area contributed by atoms with Gasteiger partial charge in [-0.05, 0) is 43.1 Å². The average Bonchev–Trinajstić information content (AvgIpc) is 2.61. The predicted molar refractivity (Wildman–Crippen MR) is 66.4 cm³/mol. The first-order valence-electron chi connectivity index (χ1n) is 4.46. The van der Waals surface area contributed by atoms with Crippen LogP contribution in [0.15, 0.2) is 22.7 Å². The minimum absolute atomic E-state index is 0. The van der Waals surface area contributed by atoms with E-state index in [1.807, 2.05) is 12.1 Å². The maximum Gasteiger partial charge on any atom is 0.0454 e. The fourth-order valence-electron chi connectivity index (χ4n) is 1.73. The number of rotatable bonds is 1. The fraction of sp³-hybridized carbons (Fsp3) is 0.400. The molecule has 1 N–H and O–H groups in total. The summed E-state index contributed by atoms with van der Waals surface area (Å²) in [7, 11) is 0. The van der Waals surface area contributed by atoms with Crippen LogP contribution in [0.25, 0.3) is 0 Å². The van der Waals surface area contributed by atoms with Gasteiger partial charge in [0.2, 0.25) is 0 Å². The van der Waals surface area contributed by atoms with E-state index in [0.717, 1.165) is 16.0 Å². The minimum atomic E-state index is 0. The molecule has 0 aromatic heterocycles. The molecule has 1 saturated heterocycles. The fourth-order valence-corrected chi connectivity index (χ4v) is 2.36. The van der Waals surface area contributed by atoms with E-state index in [1.165, 1.54) is 18.4 Å². The molecule has 0 radical (unpaired) electrons. The lowest BCUT2D eigenvalue weighted by Gasteiger charge is -2.12. The van der Waals surface area contributed by atoms with Crippen molar-refractivity contribution in [2.45, 2.75) is 18.9 Å². The van der Waals surface area contributed by atoms with E-state index in [0.29, 0.717) is 6.04 Å². The van der Waals surface area contributed by atoms with E-state index in [1.54, 1.807) is 0 Å². The zero-order valence-electron chi connectivity index (χ0n) is 7.59. The van der Waals surface area contributed by atoms with Crippen LogP contribution in [0, 0.1) is 0 Å². The zero-order valence-corrected chi connectivity index (χ0v) is 10.8. The van der Waals surface area contributed by atoms with Gasteiger partial charge in [-0.3, -0.25) is 0 Å². The van der Waals surface area contributed by atoms with Crippen molar-refractivity contribution in [3.63, 3.8) is 0 Å². The van der Waals surface area contributed by atoms with Gasteiger partial charge in [-0.25, -0.2) is 0 Å². The van der Waals surface area contributed by atoms with Crippen molar-refractivity contribution < 1.29 is 0 Å². The van der Waals surface area contributed by atoms with Gasteiger partial charge in [-0.2, -0.15) is 0 Å². The van der Waals surface area contributed by atoms with Gasteiger partial charge >= 0.3 is 0 Å². The Morgan fingerprint density at radius 2 is 2.21 bits per heavy atom. The summed E-state index contributed by atoms with van der Waals surface area (Å²) < 4.78 is 1.10. The molecule has 0 amide bonds. The molecule has 1 aliphatic rings. The SMILES string of the molecule is Cl.Clc1ccc(Br)cc1[C@H]1CCCN1. The van der Waals surface area contributed by atoms with Gasteiger partial charge in [0.1, 0.15) is 0 Å².